The number of ketones is 1. The standard InChI is InChI=1S/C20H18BrNO3S/c21-15-8-6-14(7-9-15)18-11-10-16(25-18)13-22-20(24)5-1-3-17(23)19-4-2-12-26-19/h2,4,6-12H,1,3,5,13H2,(H,22,24). The van der Waals surface area contributed by atoms with Crippen LogP contribution in [0.15, 0.2) is 62.8 Å². The van der Waals surface area contributed by atoms with Gasteiger partial charge in [0.25, 0.3) is 0 Å². The van der Waals surface area contributed by atoms with Gasteiger partial charge < -0.3 is 9.73 Å². The van der Waals surface area contributed by atoms with Crippen LogP contribution in [0.5, 0.6) is 0 Å². The number of benzene rings is 1. The Kier molecular flexibility index (Phi) is 6.41. The lowest BCUT2D eigenvalue weighted by molar-refractivity contribution is -0.121. The van der Waals surface area contributed by atoms with Crippen LogP contribution in [-0.2, 0) is 11.3 Å². The number of rotatable bonds is 8. The summed E-state index contributed by atoms with van der Waals surface area (Å²) in [5.41, 5.74) is 0.984. The number of hydrogen-bond acceptors (Lipinski definition) is 4. The molecule has 0 saturated heterocycles. The quantitative estimate of drug-likeness (QED) is 0.483. The number of nitrogens with one attached hydrogen (secondary N) is 1. The van der Waals surface area contributed by atoms with Gasteiger partial charge in [-0.2, -0.15) is 0 Å². The van der Waals surface area contributed by atoms with Crippen LogP contribution in [0.3, 0.4) is 0 Å². The maximum absolute atomic E-state index is 11.9. The van der Waals surface area contributed by atoms with Gasteiger partial charge in [0.15, 0.2) is 5.78 Å². The minimum atomic E-state index is -0.0782. The lowest BCUT2D eigenvalue weighted by Crippen LogP contribution is -2.22. The molecule has 0 aliphatic carbocycles. The average Bonchev–Trinajstić information content (AvgIpc) is 3.32. The van der Waals surface area contributed by atoms with Crippen molar-refractivity contribution in [2.45, 2.75) is 25.8 Å². The summed E-state index contributed by atoms with van der Waals surface area (Å²) >= 11 is 4.84. The van der Waals surface area contributed by atoms with Crippen molar-refractivity contribution < 1.29 is 14.0 Å². The van der Waals surface area contributed by atoms with E-state index < -0.39 is 0 Å². The predicted molar refractivity (Wildman–Crippen MR) is 106 cm³/mol. The number of carbonyl (C=O) groups is 2. The monoisotopic (exact) mass is 431 g/mol. The lowest BCUT2D eigenvalue weighted by atomic mass is 10.1. The zero-order valence-electron chi connectivity index (χ0n) is 14.0. The van der Waals surface area contributed by atoms with Crippen LogP contribution in [0.25, 0.3) is 11.3 Å². The summed E-state index contributed by atoms with van der Waals surface area (Å²) in [6, 6.07) is 15.3. The molecule has 0 atom stereocenters. The van der Waals surface area contributed by atoms with Gasteiger partial charge in [0.1, 0.15) is 11.5 Å². The highest BCUT2D eigenvalue weighted by Crippen LogP contribution is 2.24. The van der Waals surface area contributed by atoms with E-state index >= 15 is 0 Å². The second kappa shape index (κ2) is 8.96. The van der Waals surface area contributed by atoms with Gasteiger partial charge in [-0.15, -0.1) is 11.3 Å². The van der Waals surface area contributed by atoms with Crippen LogP contribution in [0.4, 0.5) is 0 Å². The maximum atomic E-state index is 11.9. The third kappa shape index (κ3) is 5.16. The Hall–Kier alpha value is -2.18. The molecule has 0 spiro atoms. The molecule has 0 fully saturated rings. The van der Waals surface area contributed by atoms with Crippen LogP contribution < -0.4 is 5.32 Å². The van der Waals surface area contributed by atoms with E-state index in [4.69, 9.17) is 4.42 Å². The SMILES string of the molecule is O=C(CCCC(=O)c1cccs1)NCc1ccc(-c2ccc(Br)cc2)o1. The zero-order chi connectivity index (χ0) is 18.4. The highest BCUT2D eigenvalue weighted by molar-refractivity contribution is 9.10. The van der Waals surface area contributed by atoms with Crippen molar-refractivity contribution in [2.75, 3.05) is 0 Å². The van der Waals surface area contributed by atoms with Gasteiger partial charge in [-0.1, -0.05) is 34.1 Å². The molecule has 26 heavy (non-hydrogen) atoms. The molecule has 1 N–H and O–H groups in total. The molecule has 4 nitrogen and oxygen atoms in total. The highest BCUT2D eigenvalue weighted by Gasteiger charge is 2.10. The molecule has 6 heteroatoms. The third-order valence-electron chi connectivity index (χ3n) is 3.85. The number of hydrogen-bond donors (Lipinski definition) is 1. The van der Waals surface area contributed by atoms with Crippen molar-refractivity contribution in [1.82, 2.24) is 5.32 Å². The molecule has 0 saturated carbocycles. The largest absolute Gasteiger partial charge is 0.459 e. The molecule has 2 heterocycles. The highest BCUT2D eigenvalue weighted by atomic mass is 79.9. The van der Waals surface area contributed by atoms with Gasteiger partial charge in [-0.3, -0.25) is 9.59 Å². The Morgan fingerprint density at radius 3 is 2.58 bits per heavy atom. The fourth-order valence-corrected chi connectivity index (χ4v) is 3.44. The molecular formula is C20H18BrNO3S. The van der Waals surface area contributed by atoms with Gasteiger partial charge in [-0.05, 0) is 42.1 Å². The Morgan fingerprint density at radius 2 is 1.85 bits per heavy atom. The topological polar surface area (TPSA) is 59.3 Å². The number of furan rings is 1. The van der Waals surface area contributed by atoms with E-state index in [1.165, 1.54) is 11.3 Å². The summed E-state index contributed by atoms with van der Waals surface area (Å²) in [5, 5.41) is 4.71. The van der Waals surface area contributed by atoms with Crippen molar-refractivity contribution in [1.29, 1.82) is 0 Å². The molecule has 0 unspecified atom stereocenters. The van der Waals surface area contributed by atoms with Gasteiger partial charge in [-0.25, -0.2) is 0 Å². The normalized spacial score (nSPS) is 10.7. The number of thiophene rings is 1. The van der Waals surface area contributed by atoms with Crippen molar-refractivity contribution >= 4 is 39.0 Å². The van der Waals surface area contributed by atoms with Gasteiger partial charge >= 0.3 is 0 Å². The molecule has 0 radical (unpaired) electrons. The van der Waals surface area contributed by atoms with E-state index in [9.17, 15) is 9.59 Å². The van der Waals surface area contributed by atoms with E-state index in [0.717, 1.165) is 20.7 Å². The van der Waals surface area contributed by atoms with E-state index in [1.807, 2.05) is 53.9 Å². The molecule has 1 amide bonds. The summed E-state index contributed by atoms with van der Waals surface area (Å²) in [6.07, 6.45) is 1.27. The van der Waals surface area contributed by atoms with E-state index in [1.54, 1.807) is 0 Å². The van der Waals surface area contributed by atoms with Crippen LogP contribution in [0.2, 0.25) is 0 Å². The first-order valence-electron chi connectivity index (χ1n) is 8.30. The smallest absolute Gasteiger partial charge is 0.220 e. The first kappa shape index (κ1) is 18.6. The summed E-state index contributed by atoms with van der Waals surface area (Å²) in [5.74, 6) is 1.48. The molecule has 3 aromatic rings. The summed E-state index contributed by atoms with van der Waals surface area (Å²) in [6.45, 7) is 0.342. The fourth-order valence-electron chi connectivity index (χ4n) is 2.49. The number of Topliss-reactive ketones (excluding diaryl/α,β-unsaturated/α-hetero) is 1. The van der Waals surface area contributed by atoms with Crippen molar-refractivity contribution in [3.05, 3.63) is 69.0 Å². The first-order valence-corrected chi connectivity index (χ1v) is 9.97. The Bertz CT molecular complexity index is 869. The van der Waals surface area contributed by atoms with Crippen LogP contribution >= 0.6 is 27.3 Å². The first-order chi connectivity index (χ1) is 12.6. The molecular weight excluding hydrogens is 414 g/mol. The molecule has 2 aromatic heterocycles. The lowest BCUT2D eigenvalue weighted by Gasteiger charge is -2.03. The predicted octanol–water partition coefficient (Wildman–Crippen LogP) is 5.44. The number of halogens is 1. The molecule has 1 aromatic carbocycles. The van der Waals surface area contributed by atoms with Crippen LogP contribution in [0, 0.1) is 0 Å². The molecule has 0 bridgehead atoms. The number of amides is 1. The van der Waals surface area contributed by atoms with Gasteiger partial charge in [0.2, 0.25) is 5.91 Å². The second-order valence-corrected chi connectivity index (χ2v) is 7.67. The molecule has 3 rings (SSSR count). The Morgan fingerprint density at radius 1 is 1.04 bits per heavy atom. The Labute approximate surface area is 164 Å². The van der Waals surface area contributed by atoms with E-state index in [-0.39, 0.29) is 11.7 Å². The van der Waals surface area contributed by atoms with E-state index in [2.05, 4.69) is 21.2 Å². The van der Waals surface area contributed by atoms with Crippen LogP contribution in [-0.4, -0.2) is 11.7 Å². The van der Waals surface area contributed by atoms with Crippen molar-refractivity contribution in [2.24, 2.45) is 0 Å². The zero-order valence-corrected chi connectivity index (χ0v) is 16.4. The third-order valence-corrected chi connectivity index (χ3v) is 5.29. The summed E-state index contributed by atoms with van der Waals surface area (Å²) < 4.78 is 6.78. The van der Waals surface area contributed by atoms with E-state index in [0.29, 0.717) is 31.6 Å². The molecule has 0 aliphatic rings. The summed E-state index contributed by atoms with van der Waals surface area (Å²) in [7, 11) is 0. The fraction of sp³-hybridized carbons (Fsp3) is 0.200. The van der Waals surface area contributed by atoms with Gasteiger partial charge in [0, 0.05) is 22.9 Å². The second-order valence-electron chi connectivity index (χ2n) is 5.80. The van der Waals surface area contributed by atoms with Gasteiger partial charge in [0.05, 0.1) is 11.4 Å². The van der Waals surface area contributed by atoms with Crippen molar-refractivity contribution in [3.63, 3.8) is 0 Å². The number of carbonyl (C=O) groups excluding carboxylic acids is 2. The van der Waals surface area contributed by atoms with Crippen molar-refractivity contribution in [3.8, 4) is 11.3 Å². The minimum absolute atomic E-state index is 0.0782. The molecule has 0 aliphatic heterocycles. The minimum Gasteiger partial charge on any atom is -0.459 e. The average molecular weight is 432 g/mol. The Balaban J connectivity index is 1.42. The summed E-state index contributed by atoms with van der Waals surface area (Å²) in [4.78, 5) is 24.6. The van der Waals surface area contributed by atoms with Crippen LogP contribution in [0.1, 0.15) is 34.7 Å². The maximum Gasteiger partial charge on any atom is 0.220 e. The molecule has 134 valence electrons.